The van der Waals surface area contributed by atoms with Crippen LogP contribution in [0.15, 0.2) is 4.99 Å². The van der Waals surface area contributed by atoms with Crippen molar-refractivity contribution in [3.63, 3.8) is 0 Å². The third-order valence-corrected chi connectivity index (χ3v) is 6.73. The molecule has 0 aromatic rings. The third kappa shape index (κ3) is 5.62. The molecule has 0 radical (unpaired) electrons. The fraction of sp³-hybridized carbons (Fsp3) is 0.909. The summed E-state index contributed by atoms with van der Waals surface area (Å²) in [6.07, 6.45) is 9.59. The Kier molecular flexibility index (Phi) is 7.61. The van der Waals surface area contributed by atoms with E-state index in [1.807, 2.05) is 0 Å². The first-order valence-corrected chi connectivity index (χ1v) is 11.6. The van der Waals surface area contributed by atoms with Crippen molar-refractivity contribution in [3.05, 3.63) is 0 Å². The van der Waals surface area contributed by atoms with E-state index in [0.29, 0.717) is 11.9 Å². The van der Waals surface area contributed by atoms with Crippen molar-refractivity contribution in [1.82, 2.24) is 20.4 Å². The standard InChI is InChI=1S/C22H41N5O/c1-4-23-21(24-17-22(2,3)27-13-8-5-9-14-27)25-19-12-15-26(16-19)20(28)18-10-6-7-11-18/h18-19H,4-17H2,1-3H3,(H2,23,24,25). The maximum Gasteiger partial charge on any atom is 0.225 e. The number of rotatable bonds is 6. The van der Waals surface area contributed by atoms with Crippen LogP contribution in [-0.2, 0) is 4.79 Å². The van der Waals surface area contributed by atoms with E-state index in [2.05, 4.69) is 41.2 Å². The van der Waals surface area contributed by atoms with Crippen LogP contribution in [-0.4, -0.2) is 72.5 Å². The minimum atomic E-state index is 0.0862. The Bertz CT molecular complexity index is 535. The zero-order valence-corrected chi connectivity index (χ0v) is 18.3. The molecule has 6 heteroatoms. The van der Waals surface area contributed by atoms with E-state index < -0.39 is 0 Å². The number of hydrogen-bond acceptors (Lipinski definition) is 3. The maximum atomic E-state index is 12.7. The molecule has 3 rings (SSSR count). The van der Waals surface area contributed by atoms with Crippen molar-refractivity contribution < 1.29 is 4.79 Å². The molecule has 3 aliphatic rings. The first kappa shape index (κ1) is 21.4. The monoisotopic (exact) mass is 391 g/mol. The molecule has 1 aliphatic carbocycles. The highest BCUT2D eigenvalue weighted by Crippen LogP contribution is 2.28. The lowest BCUT2D eigenvalue weighted by Gasteiger charge is -2.40. The molecule has 0 aromatic heterocycles. The molecule has 1 unspecified atom stereocenters. The highest BCUT2D eigenvalue weighted by Gasteiger charge is 2.33. The number of likely N-dealkylation sites (tertiary alicyclic amines) is 2. The van der Waals surface area contributed by atoms with Gasteiger partial charge in [-0.25, -0.2) is 0 Å². The van der Waals surface area contributed by atoms with Gasteiger partial charge in [-0.1, -0.05) is 19.3 Å². The molecule has 0 spiro atoms. The van der Waals surface area contributed by atoms with Gasteiger partial charge in [-0.15, -0.1) is 0 Å². The van der Waals surface area contributed by atoms with Gasteiger partial charge in [0.15, 0.2) is 5.96 Å². The van der Waals surface area contributed by atoms with E-state index in [9.17, 15) is 4.79 Å². The van der Waals surface area contributed by atoms with E-state index in [0.717, 1.165) is 51.4 Å². The van der Waals surface area contributed by atoms with Crippen LogP contribution in [0.3, 0.4) is 0 Å². The molecule has 2 saturated heterocycles. The van der Waals surface area contributed by atoms with Gasteiger partial charge in [-0.3, -0.25) is 14.7 Å². The largest absolute Gasteiger partial charge is 0.357 e. The van der Waals surface area contributed by atoms with Crippen LogP contribution < -0.4 is 10.6 Å². The van der Waals surface area contributed by atoms with Crippen LogP contribution in [0.1, 0.15) is 72.1 Å². The summed E-state index contributed by atoms with van der Waals surface area (Å²) in [5.41, 5.74) is 0.0862. The van der Waals surface area contributed by atoms with E-state index in [4.69, 9.17) is 4.99 Å². The maximum absolute atomic E-state index is 12.7. The fourth-order valence-electron chi connectivity index (χ4n) is 4.89. The highest BCUT2D eigenvalue weighted by molar-refractivity contribution is 5.81. The molecule has 0 bridgehead atoms. The topological polar surface area (TPSA) is 60.0 Å². The van der Waals surface area contributed by atoms with Gasteiger partial charge in [0.2, 0.25) is 5.91 Å². The molecule has 1 saturated carbocycles. The summed E-state index contributed by atoms with van der Waals surface area (Å²) < 4.78 is 0. The smallest absolute Gasteiger partial charge is 0.225 e. The van der Waals surface area contributed by atoms with Crippen LogP contribution in [0.4, 0.5) is 0 Å². The molecule has 160 valence electrons. The molecule has 1 atom stereocenters. The Labute approximate surface area is 171 Å². The Hall–Kier alpha value is -1.30. The summed E-state index contributed by atoms with van der Waals surface area (Å²) in [7, 11) is 0. The van der Waals surface area contributed by atoms with Crippen molar-refractivity contribution in [2.24, 2.45) is 10.9 Å². The average Bonchev–Trinajstić information content (AvgIpc) is 3.39. The quantitative estimate of drug-likeness (QED) is 0.540. The molecule has 2 aliphatic heterocycles. The van der Waals surface area contributed by atoms with E-state index in [1.54, 1.807) is 0 Å². The Morgan fingerprint density at radius 2 is 1.75 bits per heavy atom. The molecule has 3 fully saturated rings. The summed E-state index contributed by atoms with van der Waals surface area (Å²) in [4.78, 5) is 22.3. The lowest BCUT2D eigenvalue weighted by Crippen LogP contribution is -2.50. The summed E-state index contributed by atoms with van der Waals surface area (Å²) >= 11 is 0. The first-order valence-electron chi connectivity index (χ1n) is 11.6. The number of piperidine rings is 1. The number of carbonyl (C=O) groups is 1. The highest BCUT2D eigenvalue weighted by atomic mass is 16.2. The van der Waals surface area contributed by atoms with E-state index in [-0.39, 0.29) is 11.5 Å². The van der Waals surface area contributed by atoms with Gasteiger partial charge in [0.25, 0.3) is 0 Å². The van der Waals surface area contributed by atoms with Crippen molar-refractivity contribution in [2.45, 2.75) is 83.7 Å². The van der Waals surface area contributed by atoms with Crippen molar-refractivity contribution in [3.8, 4) is 0 Å². The number of nitrogens with zero attached hydrogens (tertiary/aromatic N) is 3. The molecule has 2 N–H and O–H groups in total. The van der Waals surface area contributed by atoms with Crippen molar-refractivity contribution in [2.75, 3.05) is 39.3 Å². The number of carbonyl (C=O) groups excluding carboxylic acids is 1. The normalized spacial score (nSPS) is 25.3. The van der Waals surface area contributed by atoms with Gasteiger partial charge in [-0.2, -0.15) is 0 Å². The lowest BCUT2D eigenvalue weighted by atomic mass is 9.99. The van der Waals surface area contributed by atoms with Crippen LogP contribution in [0.5, 0.6) is 0 Å². The van der Waals surface area contributed by atoms with Crippen LogP contribution in [0, 0.1) is 5.92 Å². The molecule has 0 aromatic carbocycles. The molecule has 1 amide bonds. The molecule has 2 heterocycles. The first-order chi connectivity index (χ1) is 13.5. The number of hydrogen-bond donors (Lipinski definition) is 2. The number of amides is 1. The van der Waals surface area contributed by atoms with Gasteiger partial charge in [0.1, 0.15) is 0 Å². The van der Waals surface area contributed by atoms with Gasteiger partial charge in [0, 0.05) is 37.1 Å². The second-order valence-corrected chi connectivity index (χ2v) is 9.45. The minimum absolute atomic E-state index is 0.0862. The van der Waals surface area contributed by atoms with Gasteiger partial charge >= 0.3 is 0 Å². The minimum Gasteiger partial charge on any atom is -0.357 e. The summed E-state index contributed by atoms with van der Waals surface area (Å²) in [6.45, 7) is 12.4. The Balaban J connectivity index is 1.52. The SMILES string of the molecule is CCNC(=NCC(C)(C)N1CCCCC1)NC1CCN(C(=O)C2CCCC2)C1. The summed E-state index contributed by atoms with van der Waals surface area (Å²) in [5.74, 6) is 1.56. The second-order valence-electron chi connectivity index (χ2n) is 9.45. The second kappa shape index (κ2) is 9.95. The zero-order valence-electron chi connectivity index (χ0n) is 18.3. The Morgan fingerprint density at radius 3 is 2.43 bits per heavy atom. The third-order valence-electron chi connectivity index (χ3n) is 6.73. The molecular formula is C22H41N5O. The van der Waals surface area contributed by atoms with Crippen LogP contribution >= 0.6 is 0 Å². The van der Waals surface area contributed by atoms with Crippen molar-refractivity contribution in [1.29, 1.82) is 0 Å². The molecule has 28 heavy (non-hydrogen) atoms. The zero-order chi connectivity index (χ0) is 20.0. The van der Waals surface area contributed by atoms with E-state index >= 15 is 0 Å². The summed E-state index contributed by atoms with van der Waals surface area (Å²) in [5, 5.41) is 7.00. The number of aliphatic imine (C=N–C) groups is 1. The molecular weight excluding hydrogens is 350 g/mol. The summed E-state index contributed by atoms with van der Waals surface area (Å²) in [6, 6.07) is 0.307. The predicted octanol–water partition coefficient (Wildman–Crippen LogP) is 2.60. The number of nitrogens with one attached hydrogen (secondary N) is 2. The lowest BCUT2D eigenvalue weighted by molar-refractivity contribution is -0.134. The van der Waals surface area contributed by atoms with Crippen LogP contribution in [0.25, 0.3) is 0 Å². The van der Waals surface area contributed by atoms with Gasteiger partial charge < -0.3 is 15.5 Å². The molecule has 6 nitrogen and oxygen atoms in total. The van der Waals surface area contributed by atoms with Crippen molar-refractivity contribution >= 4 is 11.9 Å². The van der Waals surface area contributed by atoms with E-state index in [1.165, 1.54) is 45.2 Å². The fourth-order valence-corrected chi connectivity index (χ4v) is 4.89. The Morgan fingerprint density at radius 1 is 1.04 bits per heavy atom. The van der Waals surface area contributed by atoms with Gasteiger partial charge in [-0.05, 0) is 66.0 Å². The number of guanidine groups is 1. The van der Waals surface area contributed by atoms with Gasteiger partial charge in [0.05, 0.1) is 6.54 Å². The van der Waals surface area contributed by atoms with Crippen LogP contribution in [0.2, 0.25) is 0 Å². The predicted molar refractivity (Wildman–Crippen MR) is 116 cm³/mol. The average molecular weight is 392 g/mol.